The Labute approximate surface area is 81.0 Å². The highest BCUT2D eigenvalue weighted by Gasteiger charge is 2.36. The summed E-state index contributed by atoms with van der Waals surface area (Å²) in [6, 6.07) is 0. The molecule has 1 aliphatic carbocycles. The molecule has 76 valence electrons. The van der Waals surface area contributed by atoms with Crippen LogP contribution >= 0.6 is 0 Å². The van der Waals surface area contributed by atoms with E-state index in [2.05, 4.69) is 5.32 Å². The zero-order chi connectivity index (χ0) is 9.10. The summed E-state index contributed by atoms with van der Waals surface area (Å²) >= 11 is 0. The molecule has 1 heterocycles. The van der Waals surface area contributed by atoms with E-state index in [1.165, 1.54) is 38.8 Å². The van der Waals surface area contributed by atoms with Gasteiger partial charge >= 0.3 is 0 Å². The Morgan fingerprint density at radius 1 is 1.31 bits per heavy atom. The minimum atomic E-state index is 0.947. The predicted octanol–water partition coefficient (Wildman–Crippen LogP) is 1.66. The van der Waals surface area contributed by atoms with Gasteiger partial charge in [0.05, 0.1) is 0 Å². The molecule has 2 aliphatic rings. The average molecular weight is 183 g/mol. The van der Waals surface area contributed by atoms with Gasteiger partial charge in [0.25, 0.3) is 0 Å². The first-order valence-corrected chi connectivity index (χ1v) is 5.61. The maximum Gasteiger partial charge on any atom is 0.0465 e. The van der Waals surface area contributed by atoms with Crippen molar-refractivity contribution in [3.8, 4) is 0 Å². The predicted molar refractivity (Wildman–Crippen MR) is 53.7 cm³/mol. The number of hydrogen-bond acceptors (Lipinski definition) is 2. The molecule has 2 unspecified atom stereocenters. The second-order valence-electron chi connectivity index (χ2n) is 4.54. The topological polar surface area (TPSA) is 21.3 Å². The van der Waals surface area contributed by atoms with Crippen LogP contribution in [0.3, 0.4) is 0 Å². The van der Waals surface area contributed by atoms with E-state index in [1.807, 2.05) is 7.11 Å². The van der Waals surface area contributed by atoms with Crippen molar-refractivity contribution >= 4 is 0 Å². The molecule has 13 heavy (non-hydrogen) atoms. The zero-order valence-corrected chi connectivity index (χ0v) is 8.59. The Hall–Kier alpha value is -0.0800. The van der Waals surface area contributed by atoms with Crippen LogP contribution in [-0.2, 0) is 4.74 Å². The standard InChI is InChI=1S/C11H21NO/c1-13-7-5-11(9-2-3-9)10-4-6-12-8-10/h9-12H,2-8H2,1H3. The van der Waals surface area contributed by atoms with Gasteiger partial charge in [-0.1, -0.05) is 0 Å². The van der Waals surface area contributed by atoms with Gasteiger partial charge in [-0.3, -0.25) is 0 Å². The van der Waals surface area contributed by atoms with Gasteiger partial charge in [-0.15, -0.1) is 0 Å². The fraction of sp³-hybridized carbons (Fsp3) is 1.00. The summed E-state index contributed by atoms with van der Waals surface area (Å²) in [5, 5.41) is 3.47. The lowest BCUT2D eigenvalue weighted by atomic mass is 9.85. The van der Waals surface area contributed by atoms with Crippen LogP contribution in [0.4, 0.5) is 0 Å². The monoisotopic (exact) mass is 183 g/mol. The summed E-state index contributed by atoms with van der Waals surface area (Å²) in [5.41, 5.74) is 0. The van der Waals surface area contributed by atoms with Crippen molar-refractivity contribution in [2.45, 2.75) is 25.7 Å². The van der Waals surface area contributed by atoms with Gasteiger partial charge in [0.1, 0.15) is 0 Å². The van der Waals surface area contributed by atoms with Crippen molar-refractivity contribution in [3.05, 3.63) is 0 Å². The Morgan fingerprint density at radius 3 is 2.69 bits per heavy atom. The zero-order valence-electron chi connectivity index (χ0n) is 8.59. The Bertz CT molecular complexity index is 150. The molecule has 0 aromatic heterocycles. The maximum absolute atomic E-state index is 5.19. The Morgan fingerprint density at radius 2 is 2.15 bits per heavy atom. The van der Waals surface area contributed by atoms with E-state index < -0.39 is 0 Å². The summed E-state index contributed by atoms with van der Waals surface area (Å²) in [6.07, 6.45) is 5.63. The summed E-state index contributed by atoms with van der Waals surface area (Å²) in [4.78, 5) is 0. The van der Waals surface area contributed by atoms with Gasteiger partial charge in [0.2, 0.25) is 0 Å². The smallest absolute Gasteiger partial charge is 0.0465 e. The molecule has 2 rings (SSSR count). The largest absolute Gasteiger partial charge is 0.385 e. The summed E-state index contributed by atoms with van der Waals surface area (Å²) in [5.74, 6) is 2.94. The molecule has 0 amide bonds. The van der Waals surface area contributed by atoms with Crippen molar-refractivity contribution in [3.63, 3.8) is 0 Å². The fourth-order valence-corrected chi connectivity index (χ4v) is 2.68. The lowest BCUT2D eigenvalue weighted by Crippen LogP contribution is -2.21. The summed E-state index contributed by atoms with van der Waals surface area (Å²) < 4.78 is 5.19. The number of nitrogens with one attached hydrogen (secondary N) is 1. The molecule has 2 fully saturated rings. The van der Waals surface area contributed by atoms with Crippen LogP contribution in [0.2, 0.25) is 0 Å². The molecule has 0 radical (unpaired) electrons. The SMILES string of the molecule is COCCC(C1CC1)C1CCNC1. The highest BCUT2D eigenvalue weighted by molar-refractivity contribution is 4.88. The lowest BCUT2D eigenvalue weighted by Gasteiger charge is -2.22. The van der Waals surface area contributed by atoms with Gasteiger partial charge in [-0.05, 0) is 56.5 Å². The van der Waals surface area contributed by atoms with Crippen LogP contribution < -0.4 is 5.32 Å². The van der Waals surface area contributed by atoms with Crippen molar-refractivity contribution in [2.75, 3.05) is 26.8 Å². The second kappa shape index (κ2) is 4.43. The van der Waals surface area contributed by atoms with Crippen LogP contribution in [0.25, 0.3) is 0 Å². The van der Waals surface area contributed by atoms with Crippen LogP contribution in [0, 0.1) is 17.8 Å². The van der Waals surface area contributed by atoms with Gasteiger partial charge in [-0.2, -0.15) is 0 Å². The molecule has 0 aromatic carbocycles. The second-order valence-corrected chi connectivity index (χ2v) is 4.54. The van der Waals surface area contributed by atoms with Gasteiger partial charge in [0, 0.05) is 13.7 Å². The molecule has 1 aliphatic heterocycles. The number of methoxy groups -OCH3 is 1. The van der Waals surface area contributed by atoms with E-state index in [-0.39, 0.29) is 0 Å². The van der Waals surface area contributed by atoms with Gasteiger partial charge in [-0.25, -0.2) is 0 Å². The van der Waals surface area contributed by atoms with Crippen molar-refractivity contribution in [1.82, 2.24) is 5.32 Å². The molecule has 2 nitrogen and oxygen atoms in total. The van der Waals surface area contributed by atoms with E-state index in [0.29, 0.717) is 0 Å². The van der Waals surface area contributed by atoms with Gasteiger partial charge < -0.3 is 10.1 Å². The molecule has 2 heteroatoms. The lowest BCUT2D eigenvalue weighted by molar-refractivity contribution is 0.154. The maximum atomic E-state index is 5.19. The molecular formula is C11H21NO. The molecule has 0 aromatic rings. The van der Waals surface area contributed by atoms with Gasteiger partial charge in [0.15, 0.2) is 0 Å². The van der Waals surface area contributed by atoms with E-state index in [0.717, 1.165) is 24.4 Å². The van der Waals surface area contributed by atoms with E-state index >= 15 is 0 Å². The third-order valence-corrected chi connectivity index (χ3v) is 3.59. The van der Waals surface area contributed by atoms with E-state index in [4.69, 9.17) is 4.74 Å². The van der Waals surface area contributed by atoms with E-state index in [1.54, 1.807) is 0 Å². The molecule has 0 spiro atoms. The molecule has 1 N–H and O–H groups in total. The first-order valence-electron chi connectivity index (χ1n) is 5.61. The van der Waals surface area contributed by atoms with Crippen molar-refractivity contribution < 1.29 is 4.74 Å². The minimum Gasteiger partial charge on any atom is -0.385 e. The summed E-state index contributed by atoms with van der Waals surface area (Å²) in [7, 11) is 1.82. The van der Waals surface area contributed by atoms with Crippen LogP contribution in [-0.4, -0.2) is 26.8 Å². The van der Waals surface area contributed by atoms with Crippen molar-refractivity contribution in [2.24, 2.45) is 17.8 Å². The number of hydrogen-bond donors (Lipinski definition) is 1. The third kappa shape index (κ3) is 2.44. The average Bonchev–Trinajstić information content (AvgIpc) is 2.82. The molecule has 2 atom stereocenters. The molecular weight excluding hydrogens is 162 g/mol. The third-order valence-electron chi connectivity index (χ3n) is 3.59. The summed E-state index contributed by atoms with van der Waals surface area (Å²) in [6.45, 7) is 3.45. The Kier molecular flexibility index (Phi) is 3.23. The minimum absolute atomic E-state index is 0.947. The first-order chi connectivity index (χ1) is 6.42. The fourth-order valence-electron chi connectivity index (χ4n) is 2.68. The number of rotatable bonds is 5. The molecule has 0 bridgehead atoms. The van der Waals surface area contributed by atoms with E-state index in [9.17, 15) is 0 Å². The van der Waals surface area contributed by atoms with Crippen LogP contribution in [0.5, 0.6) is 0 Å². The highest BCUT2D eigenvalue weighted by Crippen LogP contribution is 2.43. The molecule has 1 saturated heterocycles. The highest BCUT2D eigenvalue weighted by atomic mass is 16.5. The first kappa shape index (κ1) is 9.47. The quantitative estimate of drug-likeness (QED) is 0.700. The number of ether oxygens (including phenoxy) is 1. The van der Waals surface area contributed by atoms with Crippen LogP contribution in [0.15, 0.2) is 0 Å². The Balaban J connectivity index is 1.80. The van der Waals surface area contributed by atoms with Crippen LogP contribution in [0.1, 0.15) is 25.7 Å². The van der Waals surface area contributed by atoms with Crippen molar-refractivity contribution in [1.29, 1.82) is 0 Å². The molecule has 1 saturated carbocycles. The normalized spacial score (nSPS) is 30.7.